The van der Waals surface area contributed by atoms with Crippen LogP contribution < -0.4 is 10.1 Å². The van der Waals surface area contributed by atoms with Crippen molar-refractivity contribution in [3.05, 3.63) is 61.2 Å². The Hall–Kier alpha value is -3.08. The number of nitrogens with one attached hydrogen (secondary N) is 1. The second-order valence-electron chi connectivity index (χ2n) is 7.30. The average molecular weight is 392 g/mol. The Morgan fingerprint density at radius 1 is 1.21 bits per heavy atom. The third-order valence-electron chi connectivity index (χ3n) is 5.26. The molecule has 5 nitrogen and oxygen atoms in total. The van der Waals surface area contributed by atoms with Crippen molar-refractivity contribution >= 4 is 17.5 Å². The van der Waals surface area contributed by atoms with Crippen LogP contribution >= 0.6 is 0 Å². The fraction of sp³-hybridized carbons (Fsp3) is 0.333. The predicted octanol–water partition coefficient (Wildman–Crippen LogP) is 4.51. The van der Waals surface area contributed by atoms with E-state index in [2.05, 4.69) is 11.9 Å². The Morgan fingerprint density at radius 3 is 2.72 bits per heavy atom. The second-order valence-corrected chi connectivity index (χ2v) is 7.30. The van der Waals surface area contributed by atoms with Crippen LogP contribution in [-0.4, -0.2) is 36.9 Å². The number of benzene rings is 2. The van der Waals surface area contributed by atoms with Gasteiger partial charge in [-0.15, -0.1) is 6.58 Å². The summed E-state index contributed by atoms with van der Waals surface area (Å²) in [6, 6.07) is 15.6. The number of carbonyl (C=O) groups is 2. The van der Waals surface area contributed by atoms with Gasteiger partial charge in [-0.3, -0.25) is 9.59 Å². The van der Waals surface area contributed by atoms with Crippen LogP contribution in [0.25, 0.3) is 11.1 Å². The number of ether oxygens (including phenoxy) is 1. The highest BCUT2D eigenvalue weighted by Crippen LogP contribution is 2.26. The molecule has 1 aliphatic rings. The molecule has 0 bridgehead atoms. The number of anilines is 1. The number of rotatable bonds is 7. The molecule has 1 heterocycles. The first kappa shape index (κ1) is 20.6. The molecule has 0 spiro atoms. The van der Waals surface area contributed by atoms with Crippen molar-refractivity contribution in [2.45, 2.75) is 25.7 Å². The minimum absolute atomic E-state index is 0.0275. The topological polar surface area (TPSA) is 58.6 Å². The molecule has 5 heteroatoms. The molecule has 1 aliphatic heterocycles. The number of likely N-dealkylation sites (tertiary alicyclic amines) is 1. The Bertz CT molecular complexity index is 861. The van der Waals surface area contributed by atoms with E-state index in [1.54, 1.807) is 13.2 Å². The Morgan fingerprint density at radius 2 is 2.00 bits per heavy atom. The van der Waals surface area contributed by atoms with Crippen molar-refractivity contribution < 1.29 is 14.3 Å². The lowest BCUT2D eigenvalue weighted by atomic mass is 9.96. The summed E-state index contributed by atoms with van der Waals surface area (Å²) in [5.41, 5.74) is 2.87. The summed E-state index contributed by atoms with van der Waals surface area (Å²) < 4.78 is 5.28. The van der Waals surface area contributed by atoms with E-state index in [9.17, 15) is 9.59 Å². The maximum atomic E-state index is 12.7. The zero-order chi connectivity index (χ0) is 20.6. The molecule has 152 valence electrons. The van der Waals surface area contributed by atoms with Crippen molar-refractivity contribution in [3.63, 3.8) is 0 Å². The van der Waals surface area contributed by atoms with Gasteiger partial charge in [0, 0.05) is 25.2 Å². The minimum Gasteiger partial charge on any atom is -0.497 e. The minimum atomic E-state index is -0.172. The molecule has 0 aliphatic carbocycles. The summed E-state index contributed by atoms with van der Waals surface area (Å²) >= 11 is 0. The first-order valence-electron chi connectivity index (χ1n) is 10.0. The van der Waals surface area contributed by atoms with Gasteiger partial charge >= 0.3 is 0 Å². The number of allylic oxidation sites excluding steroid dienone is 1. The molecule has 1 N–H and O–H groups in total. The molecule has 0 saturated carbocycles. The van der Waals surface area contributed by atoms with Gasteiger partial charge in [-0.25, -0.2) is 0 Å². The molecule has 2 amide bonds. The Balaban J connectivity index is 1.60. The fourth-order valence-electron chi connectivity index (χ4n) is 3.59. The maximum Gasteiger partial charge on any atom is 0.229 e. The molecule has 0 aromatic heterocycles. The van der Waals surface area contributed by atoms with E-state index in [0.717, 1.165) is 42.0 Å². The van der Waals surface area contributed by atoms with Crippen LogP contribution in [0.2, 0.25) is 0 Å². The largest absolute Gasteiger partial charge is 0.497 e. The van der Waals surface area contributed by atoms with E-state index in [4.69, 9.17) is 4.74 Å². The van der Waals surface area contributed by atoms with Crippen LogP contribution in [0.4, 0.5) is 5.69 Å². The highest BCUT2D eigenvalue weighted by atomic mass is 16.5. The summed E-state index contributed by atoms with van der Waals surface area (Å²) in [7, 11) is 1.65. The standard InChI is InChI=1S/C24H28N2O3/c1-3-4-10-23(27)26-15-6-8-20(17-26)24(28)25-21-13-11-18(12-14-21)19-7-5-9-22(16-19)29-2/h3,5,7,9,11-14,16,20H,1,4,6,8,10,15,17H2,2H3,(H,25,28). The van der Waals surface area contributed by atoms with Gasteiger partial charge in [-0.2, -0.15) is 0 Å². The van der Waals surface area contributed by atoms with Crippen molar-refractivity contribution in [3.8, 4) is 16.9 Å². The average Bonchev–Trinajstić information content (AvgIpc) is 2.78. The predicted molar refractivity (Wildman–Crippen MR) is 116 cm³/mol. The van der Waals surface area contributed by atoms with Gasteiger partial charge in [0.05, 0.1) is 13.0 Å². The Kier molecular flexibility index (Phi) is 7.06. The highest BCUT2D eigenvalue weighted by Gasteiger charge is 2.28. The number of nitrogens with zero attached hydrogens (tertiary/aromatic N) is 1. The van der Waals surface area contributed by atoms with Gasteiger partial charge in [0.2, 0.25) is 11.8 Å². The van der Waals surface area contributed by atoms with Crippen LogP contribution in [0, 0.1) is 5.92 Å². The quantitative estimate of drug-likeness (QED) is 0.706. The molecule has 1 fully saturated rings. The van der Waals surface area contributed by atoms with E-state index in [1.807, 2.05) is 53.4 Å². The summed E-state index contributed by atoms with van der Waals surface area (Å²) in [4.78, 5) is 26.8. The lowest BCUT2D eigenvalue weighted by Crippen LogP contribution is -2.43. The first-order valence-corrected chi connectivity index (χ1v) is 10.0. The van der Waals surface area contributed by atoms with Gasteiger partial charge in [-0.05, 0) is 54.7 Å². The van der Waals surface area contributed by atoms with Gasteiger partial charge in [0.25, 0.3) is 0 Å². The summed E-state index contributed by atoms with van der Waals surface area (Å²) in [6.45, 7) is 4.88. The lowest BCUT2D eigenvalue weighted by molar-refractivity contribution is -0.134. The molecule has 0 radical (unpaired) electrons. The van der Waals surface area contributed by atoms with Crippen molar-refractivity contribution in [2.75, 3.05) is 25.5 Å². The van der Waals surface area contributed by atoms with E-state index in [-0.39, 0.29) is 17.7 Å². The van der Waals surface area contributed by atoms with Gasteiger partial charge < -0.3 is 15.0 Å². The van der Waals surface area contributed by atoms with E-state index in [0.29, 0.717) is 19.4 Å². The molecule has 3 rings (SSSR count). The molecule has 1 atom stereocenters. The van der Waals surface area contributed by atoms with Gasteiger partial charge in [0.15, 0.2) is 0 Å². The van der Waals surface area contributed by atoms with Crippen LogP contribution in [0.5, 0.6) is 5.75 Å². The van der Waals surface area contributed by atoms with Gasteiger partial charge in [0.1, 0.15) is 5.75 Å². The van der Waals surface area contributed by atoms with Gasteiger partial charge in [-0.1, -0.05) is 30.3 Å². The number of hydrogen-bond acceptors (Lipinski definition) is 3. The summed E-state index contributed by atoms with van der Waals surface area (Å²) in [5.74, 6) is 0.712. The van der Waals surface area contributed by atoms with Crippen molar-refractivity contribution in [2.24, 2.45) is 5.92 Å². The zero-order valence-electron chi connectivity index (χ0n) is 16.9. The number of amides is 2. The van der Waals surface area contributed by atoms with E-state index >= 15 is 0 Å². The number of piperidine rings is 1. The molecule has 2 aromatic carbocycles. The number of carbonyl (C=O) groups excluding carboxylic acids is 2. The third kappa shape index (κ3) is 5.47. The first-order chi connectivity index (χ1) is 14.1. The molecular formula is C24H28N2O3. The Labute approximate surface area is 172 Å². The zero-order valence-corrected chi connectivity index (χ0v) is 16.9. The van der Waals surface area contributed by atoms with Crippen LogP contribution in [-0.2, 0) is 9.59 Å². The van der Waals surface area contributed by atoms with Crippen molar-refractivity contribution in [1.29, 1.82) is 0 Å². The third-order valence-corrected chi connectivity index (χ3v) is 5.26. The summed E-state index contributed by atoms with van der Waals surface area (Å²) in [5, 5.41) is 3.00. The second kappa shape index (κ2) is 9.92. The lowest BCUT2D eigenvalue weighted by Gasteiger charge is -2.32. The summed E-state index contributed by atoms with van der Waals surface area (Å²) in [6.07, 6.45) is 4.54. The fourth-order valence-corrected chi connectivity index (χ4v) is 3.59. The molecular weight excluding hydrogens is 364 g/mol. The number of methoxy groups -OCH3 is 1. The number of hydrogen-bond donors (Lipinski definition) is 1. The normalized spacial score (nSPS) is 16.2. The molecule has 1 saturated heterocycles. The molecule has 1 unspecified atom stereocenters. The maximum absolute atomic E-state index is 12.7. The monoisotopic (exact) mass is 392 g/mol. The SMILES string of the molecule is C=CCCC(=O)N1CCCC(C(=O)Nc2ccc(-c3cccc(OC)c3)cc2)C1. The smallest absolute Gasteiger partial charge is 0.229 e. The molecule has 29 heavy (non-hydrogen) atoms. The van der Waals surface area contributed by atoms with Crippen molar-refractivity contribution in [1.82, 2.24) is 4.90 Å². The van der Waals surface area contributed by atoms with Crippen LogP contribution in [0.1, 0.15) is 25.7 Å². The molecule has 2 aromatic rings. The van der Waals surface area contributed by atoms with E-state index < -0.39 is 0 Å². The van der Waals surface area contributed by atoms with Crippen LogP contribution in [0.15, 0.2) is 61.2 Å². The van der Waals surface area contributed by atoms with Crippen LogP contribution in [0.3, 0.4) is 0 Å². The van der Waals surface area contributed by atoms with E-state index in [1.165, 1.54) is 0 Å². The highest BCUT2D eigenvalue weighted by molar-refractivity contribution is 5.93.